The Hall–Kier alpha value is -0.760. The number of amides is 1. The first kappa shape index (κ1) is 28.2. The number of hydrogen-bond donors (Lipinski definition) is 3. The number of allylic oxidation sites excluding steroid dienone is 1. The molecule has 0 aliphatic rings. The van der Waals surface area contributed by atoms with Crippen molar-refractivity contribution in [3.05, 3.63) is 12.2 Å². The number of likely N-dealkylation sites (N-methyl/N-ethyl adjacent to an activating group) is 1. The zero-order chi connectivity index (χ0) is 22.3. The van der Waals surface area contributed by atoms with Gasteiger partial charge >= 0.3 is 7.82 Å². The maximum absolute atomic E-state index is 12.2. The number of carbonyl (C=O) groups is 1. The lowest BCUT2D eigenvalue weighted by atomic mass is 10.1. The third-order valence-electron chi connectivity index (χ3n) is 4.24. The molecule has 0 saturated heterocycles. The largest absolute Gasteiger partial charge is 0.472 e. The van der Waals surface area contributed by atoms with Gasteiger partial charge in [-0.15, -0.1) is 0 Å². The van der Waals surface area contributed by atoms with Gasteiger partial charge in [0.1, 0.15) is 13.2 Å². The van der Waals surface area contributed by atoms with Crippen molar-refractivity contribution in [1.29, 1.82) is 0 Å². The summed E-state index contributed by atoms with van der Waals surface area (Å²) >= 11 is 0. The predicted octanol–water partition coefficient (Wildman–Crippen LogP) is 3.00. The van der Waals surface area contributed by atoms with Crippen LogP contribution in [0, 0.1) is 0 Å². The molecule has 0 rings (SSSR count). The van der Waals surface area contributed by atoms with Gasteiger partial charge in [0, 0.05) is 6.42 Å². The fraction of sp³-hybridized carbons (Fsp3) is 0.850. The van der Waals surface area contributed by atoms with Crippen molar-refractivity contribution in [2.24, 2.45) is 0 Å². The van der Waals surface area contributed by atoms with E-state index in [9.17, 15) is 19.4 Å². The fourth-order valence-electron chi connectivity index (χ4n) is 2.40. The second-order valence-corrected chi connectivity index (χ2v) is 9.76. The third kappa shape index (κ3) is 16.7. The van der Waals surface area contributed by atoms with Crippen molar-refractivity contribution >= 4 is 13.7 Å². The van der Waals surface area contributed by atoms with Crippen LogP contribution in [0.1, 0.15) is 58.8 Å². The number of hydrogen-bond acceptors (Lipinski definition) is 5. The van der Waals surface area contributed by atoms with E-state index >= 15 is 0 Å². The number of aliphatic hydroxyl groups excluding tert-OH is 1. The molecule has 0 aromatic rings. The van der Waals surface area contributed by atoms with Crippen LogP contribution in [-0.4, -0.2) is 73.4 Å². The van der Waals surface area contributed by atoms with Gasteiger partial charge in [-0.05, 0) is 12.8 Å². The van der Waals surface area contributed by atoms with Crippen LogP contribution in [0.3, 0.4) is 0 Å². The maximum atomic E-state index is 12.2. The molecule has 0 spiro atoms. The summed E-state index contributed by atoms with van der Waals surface area (Å²) < 4.78 is 22.7. The minimum Gasteiger partial charge on any atom is -0.387 e. The number of phosphoric ester groups is 1. The Labute approximate surface area is 176 Å². The van der Waals surface area contributed by atoms with E-state index < -0.39 is 20.0 Å². The van der Waals surface area contributed by atoms with Crippen molar-refractivity contribution in [2.45, 2.75) is 70.9 Å². The molecule has 0 aliphatic carbocycles. The first-order valence-electron chi connectivity index (χ1n) is 10.6. The molecule has 0 aliphatic heterocycles. The lowest BCUT2D eigenvalue weighted by Gasteiger charge is -2.25. The molecule has 8 nitrogen and oxygen atoms in total. The number of phosphoric acid groups is 1. The molecule has 1 amide bonds. The van der Waals surface area contributed by atoms with Crippen molar-refractivity contribution < 1.29 is 32.9 Å². The standard InChI is InChI=1S/C20H41N2O6P/c1-6-8-10-12-14-20(24)21-18(19(23)13-11-9-7-2)17-28-29(25,26)27-16-15-22(3,4)5/h11,13,18-19,23H,6-10,12,14-17H2,1-5H3,(H-,21,24,25,26)/p+1/b13-11+. The average molecular weight is 438 g/mol. The van der Waals surface area contributed by atoms with Crippen molar-refractivity contribution in [3.8, 4) is 0 Å². The summed E-state index contributed by atoms with van der Waals surface area (Å²) in [5.74, 6) is -0.212. The monoisotopic (exact) mass is 437 g/mol. The lowest BCUT2D eigenvalue weighted by Crippen LogP contribution is -2.45. The van der Waals surface area contributed by atoms with Crippen LogP contribution in [-0.2, 0) is 18.4 Å². The number of rotatable bonds is 17. The lowest BCUT2D eigenvalue weighted by molar-refractivity contribution is -0.870. The Bertz CT molecular complexity index is 522. The van der Waals surface area contributed by atoms with Crippen LogP contribution in [0.2, 0.25) is 0 Å². The fourth-order valence-corrected chi connectivity index (χ4v) is 3.13. The molecule has 3 unspecified atom stereocenters. The highest BCUT2D eigenvalue weighted by molar-refractivity contribution is 7.47. The highest BCUT2D eigenvalue weighted by Crippen LogP contribution is 2.43. The van der Waals surface area contributed by atoms with Crippen LogP contribution in [0.25, 0.3) is 0 Å². The van der Waals surface area contributed by atoms with Gasteiger partial charge in [0.05, 0.1) is 39.9 Å². The summed E-state index contributed by atoms with van der Waals surface area (Å²) in [6.45, 7) is 4.39. The van der Waals surface area contributed by atoms with Gasteiger partial charge in [0.25, 0.3) is 0 Å². The Morgan fingerprint density at radius 2 is 1.83 bits per heavy atom. The molecule has 0 aromatic carbocycles. The normalized spacial score (nSPS) is 16.5. The summed E-state index contributed by atoms with van der Waals surface area (Å²) in [5.41, 5.74) is 0. The first-order valence-corrected chi connectivity index (χ1v) is 12.1. The number of nitrogens with one attached hydrogen (secondary N) is 1. The van der Waals surface area contributed by atoms with E-state index in [0.29, 0.717) is 17.4 Å². The average Bonchev–Trinajstić information content (AvgIpc) is 2.61. The SMILES string of the molecule is CCC/C=C/C(O)C(COP(=O)(O)OCC[N+](C)(C)C)NC(=O)CCCCCC. The highest BCUT2D eigenvalue weighted by atomic mass is 31.2. The van der Waals surface area contributed by atoms with E-state index in [1.54, 1.807) is 6.08 Å². The van der Waals surface area contributed by atoms with Gasteiger partial charge in [-0.3, -0.25) is 13.8 Å². The van der Waals surface area contributed by atoms with E-state index in [4.69, 9.17) is 9.05 Å². The van der Waals surface area contributed by atoms with Gasteiger partial charge in [-0.2, -0.15) is 0 Å². The molecule has 3 N–H and O–H groups in total. The summed E-state index contributed by atoms with van der Waals surface area (Å²) in [6, 6.07) is -0.829. The van der Waals surface area contributed by atoms with Crippen molar-refractivity contribution in [3.63, 3.8) is 0 Å². The number of aliphatic hydroxyl groups is 1. The second kappa shape index (κ2) is 15.1. The van der Waals surface area contributed by atoms with E-state index in [2.05, 4.69) is 12.2 Å². The Morgan fingerprint density at radius 1 is 1.14 bits per heavy atom. The minimum absolute atomic E-state index is 0.0602. The van der Waals surface area contributed by atoms with Gasteiger partial charge in [0.15, 0.2) is 0 Å². The molecule has 0 heterocycles. The van der Waals surface area contributed by atoms with Gasteiger partial charge in [-0.25, -0.2) is 4.57 Å². The molecule has 29 heavy (non-hydrogen) atoms. The molecule has 172 valence electrons. The van der Waals surface area contributed by atoms with Crippen LogP contribution < -0.4 is 5.32 Å². The highest BCUT2D eigenvalue weighted by Gasteiger charge is 2.27. The van der Waals surface area contributed by atoms with Crippen LogP contribution >= 0.6 is 7.82 Å². The molecular weight excluding hydrogens is 395 g/mol. The molecule has 0 radical (unpaired) electrons. The smallest absolute Gasteiger partial charge is 0.387 e. The van der Waals surface area contributed by atoms with Gasteiger partial charge in [-0.1, -0.05) is 51.7 Å². The maximum Gasteiger partial charge on any atom is 0.472 e. The molecule has 0 aromatic heterocycles. The first-order chi connectivity index (χ1) is 13.5. The number of quaternary nitrogens is 1. The molecule has 3 atom stereocenters. The quantitative estimate of drug-likeness (QED) is 0.140. The van der Waals surface area contributed by atoms with Crippen molar-refractivity contribution in [1.82, 2.24) is 5.32 Å². The van der Waals surface area contributed by atoms with Crippen LogP contribution in [0.4, 0.5) is 0 Å². The number of unbranched alkanes of at least 4 members (excludes halogenated alkanes) is 4. The Balaban J connectivity index is 4.75. The van der Waals surface area contributed by atoms with Gasteiger partial charge in [0.2, 0.25) is 5.91 Å². The molecule has 9 heteroatoms. The van der Waals surface area contributed by atoms with Crippen LogP contribution in [0.5, 0.6) is 0 Å². The van der Waals surface area contributed by atoms with Crippen LogP contribution in [0.15, 0.2) is 12.2 Å². The van der Waals surface area contributed by atoms with E-state index in [-0.39, 0.29) is 19.1 Å². The zero-order valence-electron chi connectivity index (χ0n) is 18.8. The molecule has 0 bridgehead atoms. The van der Waals surface area contributed by atoms with Gasteiger partial charge < -0.3 is 19.8 Å². The minimum atomic E-state index is -4.27. The summed E-state index contributed by atoms with van der Waals surface area (Å²) in [6.07, 6.45) is 8.33. The molecular formula is C20H42N2O6P+. The van der Waals surface area contributed by atoms with E-state index in [1.165, 1.54) is 0 Å². The van der Waals surface area contributed by atoms with E-state index in [0.717, 1.165) is 38.5 Å². The topological polar surface area (TPSA) is 105 Å². The summed E-state index contributed by atoms with van der Waals surface area (Å²) in [5, 5.41) is 13.1. The Kier molecular flexibility index (Phi) is 14.7. The second-order valence-electron chi connectivity index (χ2n) is 8.30. The molecule has 0 saturated carbocycles. The summed E-state index contributed by atoms with van der Waals surface area (Å²) in [4.78, 5) is 22.1. The zero-order valence-corrected chi connectivity index (χ0v) is 19.7. The third-order valence-corrected chi connectivity index (χ3v) is 5.22. The number of carbonyl (C=O) groups excluding carboxylic acids is 1. The Morgan fingerprint density at radius 3 is 2.41 bits per heavy atom. The number of nitrogens with zero attached hydrogens (tertiary/aromatic N) is 1. The summed E-state index contributed by atoms with van der Waals surface area (Å²) in [7, 11) is 1.55. The molecule has 0 fully saturated rings. The van der Waals surface area contributed by atoms with E-state index in [1.807, 2.05) is 34.1 Å². The predicted molar refractivity (Wildman–Crippen MR) is 115 cm³/mol. The van der Waals surface area contributed by atoms with Crippen molar-refractivity contribution in [2.75, 3.05) is 40.9 Å².